The molecule has 1 amide bonds. The summed E-state index contributed by atoms with van der Waals surface area (Å²) in [6, 6.07) is 0. The lowest BCUT2D eigenvalue weighted by molar-refractivity contribution is -0.125. The SMILES string of the molecule is O=C1NCCC12C=CCC2. The Balaban J connectivity index is 2.28. The van der Waals surface area contributed by atoms with Crippen LogP contribution in [0.3, 0.4) is 0 Å². The number of carbonyl (C=O) groups excluding carboxylic acids is 1. The van der Waals surface area contributed by atoms with Crippen LogP contribution in [0, 0.1) is 5.41 Å². The van der Waals surface area contributed by atoms with E-state index >= 15 is 0 Å². The van der Waals surface area contributed by atoms with Crippen molar-refractivity contribution >= 4 is 5.91 Å². The molecule has 0 aromatic rings. The Labute approximate surface area is 60.3 Å². The van der Waals surface area contributed by atoms with Crippen LogP contribution >= 0.6 is 0 Å². The van der Waals surface area contributed by atoms with Crippen molar-refractivity contribution in [2.24, 2.45) is 5.41 Å². The maximum atomic E-state index is 11.2. The molecule has 2 heteroatoms. The smallest absolute Gasteiger partial charge is 0.230 e. The average Bonchev–Trinajstić information content (AvgIpc) is 2.48. The molecule has 1 aliphatic carbocycles. The normalized spacial score (nSPS) is 37.4. The molecule has 1 heterocycles. The van der Waals surface area contributed by atoms with E-state index in [1.54, 1.807) is 0 Å². The van der Waals surface area contributed by atoms with Crippen LogP contribution in [-0.4, -0.2) is 12.5 Å². The van der Waals surface area contributed by atoms with Crippen LogP contribution < -0.4 is 5.32 Å². The van der Waals surface area contributed by atoms with Crippen molar-refractivity contribution in [3.63, 3.8) is 0 Å². The first-order valence-electron chi connectivity index (χ1n) is 3.80. The Morgan fingerprint density at radius 3 is 2.90 bits per heavy atom. The molecule has 10 heavy (non-hydrogen) atoms. The molecule has 0 aromatic heterocycles. The van der Waals surface area contributed by atoms with E-state index in [4.69, 9.17) is 0 Å². The molecule has 0 saturated carbocycles. The van der Waals surface area contributed by atoms with E-state index in [-0.39, 0.29) is 11.3 Å². The van der Waals surface area contributed by atoms with Gasteiger partial charge in [-0.1, -0.05) is 12.2 Å². The molecule has 0 radical (unpaired) electrons. The fraction of sp³-hybridized carbons (Fsp3) is 0.625. The topological polar surface area (TPSA) is 29.1 Å². The molecular formula is C8H11NO. The van der Waals surface area contributed by atoms with Gasteiger partial charge in [0.1, 0.15) is 0 Å². The lowest BCUT2D eigenvalue weighted by atomic mass is 9.86. The lowest BCUT2D eigenvalue weighted by Crippen LogP contribution is -2.27. The second-order valence-corrected chi connectivity index (χ2v) is 3.10. The Morgan fingerprint density at radius 2 is 2.40 bits per heavy atom. The molecule has 2 nitrogen and oxygen atoms in total. The van der Waals surface area contributed by atoms with Gasteiger partial charge in [0.15, 0.2) is 0 Å². The van der Waals surface area contributed by atoms with E-state index in [1.807, 2.05) is 0 Å². The number of allylic oxidation sites excluding steroid dienone is 1. The highest BCUT2D eigenvalue weighted by molar-refractivity contribution is 5.87. The minimum Gasteiger partial charge on any atom is -0.355 e. The molecule has 0 bridgehead atoms. The van der Waals surface area contributed by atoms with Crippen LogP contribution in [0.2, 0.25) is 0 Å². The molecule has 1 N–H and O–H groups in total. The third-order valence-electron chi connectivity index (χ3n) is 2.50. The van der Waals surface area contributed by atoms with Crippen molar-refractivity contribution in [2.75, 3.05) is 6.54 Å². The standard InChI is InChI=1S/C8H11NO/c10-7-8(5-6-9-7)3-1-2-4-8/h1,3H,2,4-6H2,(H,9,10). The molecule has 1 fully saturated rings. The van der Waals surface area contributed by atoms with Crippen LogP contribution in [0.1, 0.15) is 19.3 Å². The highest BCUT2D eigenvalue weighted by atomic mass is 16.2. The summed E-state index contributed by atoms with van der Waals surface area (Å²) in [5, 5.41) is 2.86. The van der Waals surface area contributed by atoms with Gasteiger partial charge in [0.2, 0.25) is 5.91 Å². The Hall–Kier alpha value is -0.790. The molecule has 2 aliphatic rings. The predicted molar refractivity (Wildman–Crippen MR) is 38.4 cm³/mol. The van der Waals surface area contributed by atoms with Crippen LogP contribution in [-0.2, 0) is 4.79 Å². The van der Waals surface area contributed by atoms with Gasteiger partial charge in [0.25, 0.3) is 0 Å². The zero-order valence-electron chi connectivity index (χ0n) is 5.89. The molecule has 1 aliphatic heterocycles. The summed E-state index contributed by atoms with van der Waals surface area (Å²) in [6.07, 6.45) is 7.30. The summed E-state index contributed by atoms with van der Waals surface area (Å²) in [5.41, 5.74) is -0.0833. The van der Waals surface area contributed by atoms with Gasteiger partial charge >= 0.3 is 0 Å². The molecule has 54 valence electrons. The number of nitrogens with one attached hydrogen (secondary N) is 1. The molecule has 2 rings (SSSR count). The van der Waals surface area contributed by atoms with Gasteiger partial charge in [-0.25, -0.2) is 0 Å². The monoisotopic (exact) mass is 137 g/mol. The number of hydrogen-bond donors (Lipinski definition) is 1. The number of hydrogen-bond acceptors (Lipinski definition) is 1. The van der Waals surface area contributed by atoms with Crippen molar-refractivity contribution in [1.82, 2.24) is 5.32 Å². The van der Waals surface area contributed by atoms with Crippen LogP contribution in [0.5, 0.6) is 0 Å². The van der Waals surface area contributed by atoms with Gasteiger partial charge in [-0.05, 0) is 19.3 Å². The second-order valence-electron chi connectivity index (χ2n) is 3.10. The summed E-state index contributed by atoms with van der Waals surface area (Å²) < 4.78 is 0. The van der Waals surface area contributed by atoms with E-state index in [1.165, 1.54) is 0 Å². The van der Waals surface area contributed by atoms with Crippen molar-refractivity contribution in [1.29, 1.82) is 0 Å². The minimum atomic E-state index is -0.0833. The highest BCUT2D eigenvalue weighted by Crippen LogP contribution is 2.38. The Kier molecular flexibility index (Phi) is 1.10. The third kappa shape index (κ3) is 0.618. The summed E-state index contributed by atoms with van der Waals surface area (Å²) >= 11 is 0. The Morgan fingerprint density at radius 1 is 1.50 bits per heavy atom. The van der Waals surface area contributed by atoms with Crippen molar-refractivity contribution < 1.29 is 4.79 Å². The largest absolute Gasteiger partial charge is 0.355 e. The average molecular weight is 137 g/mol. The first kappa shape index (κ1) is 5.96. The summed E-state index contributed by atoms with van der Waals surface area (Å²) in [5.74, 6) is 0.237. The first-order chi connectivity index (χ1) is 4.83. The molecular weight excluding hydrogens is 126 g/mol. The van der Waals surface area contributed by atoms with Gasteiger partial charge in [0.05, 0.1) is 5.41 Å². The fourth-order valence-corrected chi connectivity index (χ4v) is 1.82. The van der Waals surface area contributed by atoms with Crippen molar-refractivity contribution in [3.8, 4) is 0 Å². The van der Waals surface area contributed by atoms with Crippen LogP contribution in [0.4, 0.5) is 0 Å². The Bertz CT molecular complexity index is 197. The van der Waals surface area contributed by atoms with Crippen molar-refractivity contribution in [2.45, 2.75) is 19.3 Å². The minimum absolute atomic E-state index is 0.0833. The molecule has 1 spiro atoms. The fourth-order valence-electron chi connectivity index (χ4n) is 1.82. The van der Waals surface area contributed by atoms with E-state index in [9.17, 15) is 4.79 Å². The zero-order valence-corrected chi connectivity index (χ0v) is 5.89. The van der Waals surface area contributed by atoms with E-state index in [2.05, 4.69) is 17.5 Å². The maximum Gasteiger partial charge on any atom is 0.230 e. The van der Waals surface area contributed by atoms with E-state index in [0.717, 1.165) is 25.8 Å². The van der Waals surface area contributed by atoms with Crippen LogP contribution in [0.25, 0.3) is 0 Å². The quantitative estimate of drug-likeness (QED) is 0.492. The summed E-state index contributed by atoms with van der Waals surface area (Å²) in [6.45, 7) is 0.864. The van der Waals surface area contributed by atoms with E-state index < -0.39 is 0 Å². The van der Waals surface area contributed by atoms with Gasteiger partial charge in [0, 0.05) is 6.54 Å². The molecule has 1 atom stereocenters. The second kappa shape index (κ2) is 1.84. The van der Waals surface area contributed by atoms with E-state index in [0.29, 0.717) is 0 Å². The van der Waals surface area contributed by atoms with Gasteiger partial charge in [-0.2, -0.15) is 0 Å². The van der Waals surface area contributed by atoms with Gasteiger partial charge in [-0.15, -0.1) is 0 Å². The van der Waals surface area contributed by atoms with Crippen LogP contribution in [0.15, 0.2) is 12.2 Å². The number of rotatable bonds is 0. The van der Waals surface area contributed by atoms with Gasteiger partial charge in [-0.3, -0.25) is 4.79 Å². The summed E-state index contributed by atoms with van der Waals surface area (Å²) in [4.78, 5) is 11.2. The number of amides is 1. The maximum absolute atomic E-state index is 11.2. The third-order valence-corrected chi connectivity index (χ3v) is 2.50. The first-order valence-corrected chi connectivity index (χ1v) is 3.80. The molecule has 1 unspecified atom stereocenters. The summed E-state index contributed by atoms with van der Waals surface area (Å²) in [7, 11) is 0. The number of carbonyl (C=O) groups is 1. The predicted octanol–water partition coefficient (Wildman–Crippen LogP) is 0.843. The zero-order chi connectivity index (χ0) is 7.03. The highest BCUT2D eigenvalue weighted by Gasteiger charge is 2.40. The van der Waals surface area contributed by atoms with Gasteiger partial charge < -0.3 is 5.32 Å². The van der Waals surface area contributed by atoms with Crippen molar-refractivity contribution in [3.05, 3.63) is 12.2 Å². The molecule has 1 saturated heterocycles. The lowest BCUT2D eigenvalue weighted by Gasteiger charge is -2.15. The molecule has 0 aromatic carbocycles.